The highest BCUT2D eigenvalue weighted by Gasteiger charge is 2.21. The smallest absolute Gasteiger partial charge is 0.230 e. The van der Waals surface area contributed by atoms with Gasteiger partial charge in [0.05, 0.1) is 11.8 Å². The fourth-order valence-corrected chi connectivity index (χ4v) is 3.37. The van der Waals surface area contributed by atoms with Gasteiger partial charge in [-0.2, -0.15) is 0 Å². The molecule has 8 heteroatoms. The third-order valence-corrected chi connectivity index (χ3v) is 5.50. The van der Waals surface area contributed by atoms with Crippen molar-refractivity contribution >= 4 is 17.7 Å². The molecular formula is C19H28FN5OS. The molecule has 2 aromatic rings. The van der Waals surface area contributed by atoms with E-state index in [0.717, 1.165) is 24.4 Å². The van der Waals surface area contributed by atoms with Gasteiger partial charge in [0, 0.05) is 11.7 Å². The summed E-state index contributed by atoms with van der Waals surface area (Å²) >= 11 is 1.33. The number of carbonyl (C=O) groups is 1. The van der Waals surface area contributed by atoms with Crippen LogP contribution in [0.5, 0.6) is 0 Å². The molecule has 1 N–H and O–H groups in total. The van der Waals surface area contributed by atoms with Crippen molar-refractivity contribution in [2.24, 2.45) is 0 Å². The molecule has 1 atom stereocenters. The molecule has 1 aromatic carbocycles. The summed E-state index contributed by atoms with van der Waals surface area (Å²) in [7, 11) is 3.93. The minimum absolute atomic E-state index is 0.00953. The Hall–Kier alpha value is -1.93. The molecule has 27 heavy (non-hydrogen) atoms. The summed E-state index contributed by atoms with van der Waals surface area (Å²) in [6, 6.07) is 6.41. The van der Waals surface area contributed by atoms with Crippen LogP contribution in [0.3, 0.4) is 0 Å². The first kappa shape index (κ1) is 21.4. The first-order valence-electron chi connectivity index (χ1n) is 9.17. The molecule has 148 valence electrons. The van der Waals surface area contributed by atoms with E-state index in [4.69, 9.17) is 0 Å². The zero-order chi connectivity index (χ0) is 20.0. The van der Waals surface area contributed by atoms with Gasteiger partial charge in [0.1, 0.15) is 5.82 Å². The van der Waals surface area contributed by atoms with Crippen LogP contribution in [0, 0.1) is 5.82 Å². The summed E-state index contributed by atoms with van der Waals surface area (Å²) in [4.78, 5) is 14.3. The Labute approximate surface area is 164 Å². The Morgan fingerprint density at radius 3 is 2.41 bits per heavy atom. The highest BCUT2D eigenvalue weighted by Crippen LogP contribution is 2.26. The molecule has 1 aromatic heterocycles. The zero-order valence-electron chi connectivity index (χ0n) is 16.6. The van der Waals surface area contributed by atoms with Gasteiger partial charge < -0.3 is 5.32 Å². The number of aromatic nitrogens is 3. The molecule has 1 heterocycles. The number of thioether (sulfide) groups is 1. The van der Waals surface area contributed by atoms with E-state index in [0.29, 0.717) is 5.16 Å². The Balaban J connectivity index is 2.25. The lowest BCUT2D eigenvalue weighted by atomic mass is 10.2. The summed E-state index contributed by atoms with van der Waals surface area (Å²) in [5, 5.41) is 12.3. The maximum absolute atomic E-state index is 13.4. The summed E-state index contributed by atoms with van der Waals surface area (Å²) in [6.07, 6.45) is 1.81. The lowest BCUT2D eigenvalue weighted by Gasteiger charge is -2.20. The molecule has 0 spiro atoms. The zero-order valence-corrected chi connectivity index (χ0v) is 17.4. The van der Waals surface area contributed by atoms with Gasteiger partial charge in [0.2, 0.25) is 5.91 Å². The first-order chi connectivity index (χ1) is 12.9. The van der Waals surface area contributed by atoms with Crippen molar-refractivity contribution in [3.63, 3.8) is 0 Å². The normalized spacial score (nSPS) is 12.6. The van der Waals surface area contributed by atoms with E-state index in [-0.39, 0.29) is 29.6 Å². The second-order valence-corrected chi connectivity index (χ2v) is 7.60. The lowest BCUT2D eigenvalue weighted by molar-refractivity contribution is -0.119. The molecule has 0 bridgehead atoms. The summed E-state index contributed by atoms with van der Waals surface area (Å²) < 4.78 is 15.2. The number of rotatable bonds is 9. The Bertz CT molecular complexity index is 743. The standard InChI is InChI=1S/C19H28FN5OS/c1-6-15(7-2)21-17(26)12-27-19-23-22-18(13(3)24(4)5)25(19)16-10-8-14(20)9-11-16/h8-11,13,15H,6-7,12H2,1-5H3,(H,21,26)/t13-/m1/s1. The molecule has 0 aliphatic rings. The highest BCUT2D eigenvalue weighted by atomic mass is 32.2. The van der Waals surface area contributed by atoms with Crippen molar-refractivity contribution in [2.75, 3.05) is 19.8 Å². The predicted octanol–water partition coefficient (Wildman–Crippen LogP) is 3.43. The molecule has 6 nitrogen and oxygen atoms in total. The quantitative estimate of drug-likeness (QED) is 0.662. The average Bonchev–Trinajstić information content (AvgIpc) is 3.08. The summed E-state index contributed by atoms with van der Waals surface area (Å²) in [5.74, 6) is 0.679. The largest absolute Gasteiger partial charge is 0.353 e. The van der Waals surface area contributed by atoms with Crippen LogP contribution in [0.4, 0.5) is 4.39 Å². The van der Waals surface area contributed by atoms with E-state index < -0.39 is 0 Å². The molecule has 0 fully saturated rings. The van der Waals surface area contributed by atoms with Crippen molar-refractivity contribution in [2.45, 2.75) is 50.9 Å². The van der Waals surface area contributed by atoms with Crippen molar-refractivity contribution in [3.8, 4) is 5.69 Å². The van der Waals surface area contributed by atoms with Crippen LogP contribution < -0.4 is 5.32 Å². The van der Waals surface area contributed by atoms with Crippen LogP contribution in [-0.2, 0) is 4.79 Å². The van der Waals surface area contributed by atoms with Gasteiger partial charge in [-0.05, 0) is 58.1 Å². The van der Waals surface area contributed by atoms with Crippen LogP contribution in [0.15, 0.2) is 29.4 Å². The van der Waals surface area contributed by atoms with E-state index in [1.54, 1.807) is 12.1 Å². The van der Waals surface area contributed by atoms with Crippen LogP contribution in [0.1, 0.15) is 45.5 Å². The van der Waals surface area contributed by atoms with E-state index in [1.807, 2.05) is 30.5 Å². The van der Waals surface area contributed by atoms with Crippen LogP contribution in [0.25, 0.3) is 5.69 Å². The maximum atomic E-state index is 13.4. The number of hydrogen-bond acceptors (Lipinski definition) is 5. The molecule has 0 unspecified atom stereocenters. The molecule has 2 rings (SSSR count). The lowest BCUT2D eigenvalue weighted by Crippen LogP contribution is -2.35. The Morgan fingerprint density at radius 1 is 1.22 bits per heavy atom. The predicted molar refractivity (Wildman–Crippen MR) is 107 cm³/mol. The van der Waals surface area contributed by atoms with Crippen LogP contribution in [-0.4, -0.2) is 51.5 Å². The number of nitrogens with one attached hydrogen (secondary N) is 1. The molecule has 0 saturated heterocycles. The Kier molecular flexibility index (Phi) is 7.79. The fraction of sp³-hybridized carbons (Fsp3) is 0.526. The molecule has 1 amide bonds. The SMILES string of the molecule is CCC(CC)NC(=O)CSc1nnc([C@@H](C)N(C)C)n1-c1ccc(F)cc1. The Morgan fingerprint density at radius 2 is 1.85 bits per heavy atom. The summed E-state index contributed by atoms with van der Waals surface area (Å²) in [5.41, 5.74) is 0.771. The third kappa shape index (κ3) is 5.52. The van der Waals surface area contributed by atoms with Gasteiger partial charge in [0.25, 0.3) is 0 Å². The van der Waals surface area contributed by atoms with Gasteiger partial charge in [-0.15, -0.1) is 10.2 Å². The maximum Gasteiger partial charge on any atom is 0.230 e. The van der Waals surface area contributed by atoms with E-state index in [1.165, 1.54) is 23.9 Å². The average molecular weight is 394 g/mol. The van der Waals surface area contributed by atoms with Crippen molar-refractivity contribution in [3.05, 3.63) is 35.9 Å². The second-order valence-electron chi connectivity index (χ2n) is 6.66. The van der Waals surface area contributed by atoms with Crippen molar-refractivity contribution in [1.82, 2.24) is 25.0 Å². The number of amides is 1. The van der Waals surface area contributed by atoms with Crippen LogP contribution >= 0.6 is 11.8 Å². The number of benzene rings is 1. The molecule has 0 aliphatic heterocycles. The van der Waals surface area contributed by atoms with Gasteiger partial charge in [-0.25, -0.2) is 4.39 Å². The van der Waals surface area contributed by atoms with Crippen molar-refractivity contribution in [1.29, 1.82) is 0 Å². The first-order valence-corrected chi connectivity index (χ1v) is 10.2. The highest BCUT2D eigenvalue weighted by molar-refractivity contribution is 7.99. The van der Waals surface area contributed by atoms with E-state index in [9.17, 15) is 9.18 Å². The van der Waals surface area contributed by atoms with E-state index >= 15 is 0 Å². The molecule has 0 radical (unpaired) electrons. The van der Waals surface area contributed by atoms with Crippen molar-refractivity contribution < 1.29 is 9.18 Å². The molecule has 0 aliphatic carbocycles. The van der Waals surface area contributed by atoms with Gasteiger partial charge in [-0.3, -0.25) is 14.3 Å². The number of halogens is 1. The number of hydrogen-bond donors (Lipinski definition) is 1. The minimum atomic E-state index is -0.298. The van der Waals surface area contributed by atoms with Gasteiger partial charge in [0.15, 0.2) is 11.0 Å². The van der Waals surface area contributed by atoms with Gasteiger partial charge >= 0.3 is 0 Å². The monoisotopic (exact) mass is 393 g/mol. The molecule has 0 saturated carbocycles. The second kappa shape index (κ2) is 9.85. The number of carbonyl (C=O) groups excluding carboxylic acids is 1. The molecular weight excluding hydrogens is 365 g/mol. The minimum Gasteiger partial charge on any atom is -0.353 e. The number of nitrogens with zero attached hydrogens (tertiary/aromatic N) is 4. The summed E-state index contributed by atoms with van der Waals surface area (Å²) in [6.45, 7) is 6.14. The van der Waals surface area contributed by atoms with Gasteiger partial charge in [-0.1, -0.05) is 25.6 Å². The fourth-order valence-electron chi connectivity index (χ4n) is 2.60. The third-order valence-electron chi connectivity index (χ3n) is 4.57. The topological polar surface area (TPSA) is 63.1 Å². The van der Waals surface area contributed by atoms with E-state index in [2.05, 4.69) is 29.4 Å². The van der Waals surface area contributed by atoms with Crippen LogP contribution in [0.2, 0.25) is 0 Å².